The maximum absolute atomic E-state index is 10.0. The third-order valence-corrected chi connectivity index (χ3v) is 2.43. The second-order valence-electron chi connectivity index (χ2n) is 5.71. The van der Waals surface area contributed by atoms with Crippen LogP contribution in [0.4, 0.5) is 0 Å². The number of ether oxygens (including phenoxy) is 1. The summed E-state index contributed by atoms with van der Waals surface area (Å²) in [6.45, 7) is 9.83. The lowest BCUT2D eigenvalue weighted by atomic mass is 10.1. The smallest absolute Gasteiger partial charge is 0.0869 e. The van der Waals surface area contributed by atoms with E-state index in [4.69, 9.17) is 4.74 Å². The lowest BCUT2D eigenvalue weighted by Crippen LogP contribution is -2.46. The Hall–Kier alpha value is -0.160. The Morgan fingerprint density at radius 3 is 2.47 bits per heavy atom. The first-order valence-electron chi connectivity index (χ1n) is 6.49. The summed E-state index contributed by atoms with van der Waals surface area (Å²) in [7, 11) is 3.92. The van der Waals surface area contributed by atoms with Gasteiger partial charge in [0, 0.05) is 26.2 Å². The largest absolute Gasteiger partial charge is 0.388 e. The average molecular weight is 246 g/mol. The molecule has 0 spiro atoms. The molecule has 1 atom stereocenters. The molecule has 0 aromatic heterocycles. The van der Waals surface area contributed by atoms with E-state index in [1.165, 1.54) is 0 Å². The van der Waals surface area contributed by atoms with Gasteiger partial charge in [-0.25, -0.2) is 0 Å². The third-order valence-electron chi connectivity index (χ3n) is 2.43. The summed E-state index contributed by atoms with van der Waals surface area (Å²) < 4.78 is 5.49. The van der Waals surface area contributed by atoms with E-state index in [2.05, 4.69) is 19.2 Å². The van der Waals surface area contributed by atoms with Crippen molar-refractivity contribution in [3.05, 3.63) is 0 Å². The van der Waals surface area contributed by atoms with Gasteiger partial charge in [-0.3, -0.25) is 0 Å². The third kappa shape index (κ3) is 12.1. The van der Waals surface area contributed by atoms with Gasteiger partial charge >= 0.3 is 0 Å². The molecule has 0 rings (SSSR count). The molecule has 2 N–H and O–H groups in total. The highest BCUT2D eigenvalue weighted by molar-refractivity contribution is 4.77. The summed E-state index contributed by atoms with van der Waals surface area (Å²) in [4.78, 5) is 1.99. The highest BCUT2D eigenvalue weighted by atomic mass is 16.5. The summed E-state index contributed by atoms with van der Waals surface area (Å²) in [6.07, 6.45) is 1.11. The van der Waals surface area contributed by atoms with Gasteiger partial charge in [0.2, 0.25) is 0 Å². The Labute approximate surface area is 106 Å². The topological polar surface area (TPSA) is 44.7 Å². The molecule has 0 aliphatic rings. The molecule has 4 nitrogen and oxygen atoms in total. The van der Waals surface area contributed by atoms with Gasteiger partial charge in [-0.15, -0.1) is 0 Å². The Morgan fingerprint density at radius 1 is 1.29 bits per heavy atom. The van der Waals surface area contributed by atoms with Crippen LogP contribution in [0, 0.1) is 5.92 Å². The Morgan fingerprint density at radius 2 is 1.94 bits per heavy atom. The summed E-state index contributed by atoms with van der Waals surface area (Å²) in [5.74, 6) is 0.698. The van der Waals surface area contributed by atoms with Gasteiger partial charge < -0.3 is 20.1 Å². The van der Waals surface area contributed by atoms with Crippen molar-refractivity contribution >= 4 is 0 Å². The first-order valence-corrected chi connectivity index (χ1v) is 6.49. The zero-order valence-electron chi connectivity index (χ0n) is 12.1. The Bertz CT molecular complexity index is 182. The molecule has 17 heavy (non-hydrogen) atoms. The van der Waals surface area contributed by atoms with Gasteiger partial charge in [-0.2, -0.15) is 0 Å². The second kappa shape index (κ2) is 8.86. The first-order chi connectivity index (χ1) is 7.83. The number of hydrogen-bond acceptors (Lipinski definition) is 4. The Kier molecular flexibility index (Phi) is 8.78. The van der Waals surface area contributed by atoms with Gasteiger partial charge in [0.15, 0.2) is 0 Å². The zero-order chi connectivity index (χ0) is 13.3. The number of rotatable bonds is 10. The summed E-state index contributed by atoms with van der Waals surface area (Å²) in [6, 6.07) is 0. The van der Waals surface area contributed by atoms with E-state index >= 15 is 0 Å². The first kappa shape index (κ1) is 16.8. The summed E-state index contributed by atoms with van der Waals surface area (Å²) in [5.41, 5.74) is -0.679. The quantitative estimate of drug-likeness (QED) is 0.563. The van der Waals surface area contributed by atoms with Crippen LogP contribution in [-0.2, 0) is 4.74 Å². The SMILES string of the molecule is CC(C)CCOCCNCC(C)(O)CN(C)C. The minimum Gasteiger partial charge on any atom is -0.388 e. The molecule has 0 fully saturated rings. The number of likely N-dealkylation sites (N-methyl/N-ethyl adjacent to an activating group) is 1. The van der Waals surface area contributed by atoms with E-state index < -0.39 is 5.60 Å². The minimum absolute atomic E-state index is 0.596. The molecule has 0 saturated carbocycles. The highest BCUT2D eigenvalue weighted by Gasteiger charge is 2.20. The van der Waals surface area contributed by atoms with Crippen molar-refractivity contribution in [1.29, 1.82) is 0 Å². The maximum atomic E-state index is 10.0. The molecule has 104 valence electrons. The molecular weight excluding hydrogens is 216 g/mol. The van der Waals surface area contributed by atoms with E-state index in [0.717, 1.165) is 19.6 Å². The molecule has 1 unspecified atom stereocenters. The van der Waals surface area contributed by atoms with Gasteiger partial charge in [-0.1, -0.05) is 13.8 Å². The summed E-state index contributed by atoms with van der Waals surface area (Å²) >= 11 is 0. The van der Waals surface area contributed by atoms with E-state index in [1.807, 2.05) is 25.9 Å². The maximum Gasteiger partial charge on any atom is 0.0869 e. The number of nitrogens with one attached hydrogen (secondary N) is 1. The van der Waals surface area contributed by atoms with Crippen LogP contribution in [0.5, 0.6) is 0 Å². The molecule has 0 heterocycles. The molecule has 0 aromatic carbocycles. The van der Waals surface area contributed by atoms with Crippen molar-refractivity contribution in [1.82, 2.24) is 10.2 Å². The van der Waals surface area contributed by atoms with Crippen molar-refractivity contribution < 1.29 is 9.84 Å². The molecule has 0 saturated heterocycles. The molecule has 0 amide bonds. The number of aliphatic hydroxyl groups is 1. The fourth-order valence-corrected chi connectivity index (χ4v) is 1.66. The lowest BCUT2D eigenvalue weighted by molar-refractivity contribution is 0.0314. The lowest BCUT2D eigenvalue weighted by Gasteiger charge is -2.27. The van der Waals surface area contributed by atoms with Crippen molar-refractivity contribution in [2.45, 2.75) is 32.8 Å². The van der Waals surface area contributed by atoms with Gasteiger partial charge in [0.25, 0.3) is 0 Å². The molecule has 0 aromatic rings. The van der Waals surface area contributed by atoms with Crippen molar-refractivity contribution in [3.8, 4) is 0 Å². The van der Waals surface area contributed by atoms with Gasteiger partial charge in [0.1, 0.15) is 0 Å². The van der Waals surface area contributed by atoms with E-state index in [-0.39, 0.29) is 0 Å². The van der Waals surface area contributed by atoms with E-state index in [1.54, 1.807) is 0 Å². The van der Waals surface area contributed by atoms with Crippen LogP contribution in [-0.4, -0.2) is 62.6 Å². The van der Waals surface area contributed by atoms with Crippen LogP contribution >= 0.6 is 0 Å². The predicted octanol–water partition coefficient (Wildman–Crippen LogP) is 0.951. The van der Waals surface area contributed by atoms with Crippen LogP contribution in [0.2, 0.25) is 0 Å². The second-order valence-corrected chi connectivity index (χ2v) is 5.71. The van der Waals surface area contributed by atoms with E-state index in [9.17, 15) is 5.11 Å². The predicted molar refractivity (Wildman–Crippen MR) is 72.3 cm³/mol. The van der Waals surface area contributed by atoms with Crippen LogP contribution in [0.3, 0.4) is 0 Å². The number of hydrogen-bond donors (Lipinski definition) is 2. The summed E-state index contributed by atoms with van der Waals surface area (Å²) in [5, 5.41) is 13.2. The molecule has 0 aliphatic carbocycles. The van der Waals surface area contributed by atoms with Gasteiger partial charge in [-0.05, 0) is 33.4 Å². The fraction of sp³-hybridized carbons (Fsp3) is 1.00. The Balaban J connectivity index is 3.38. The fourth-order valence-electron chi connectivity index (χ4n) is 1.66. The normalized spacial score (nSPS) is 15.5. The van der Waals surface area contributed by atoms with Gasteiger partial charge in [0.05, 0.1) is 12.2 Å². The molecular formula is C13H30N2O2. The average Bonchev–Trinajstić information content (AvgIpc) is 2.13. The number of nitrogens with zero attached hydrogens (tertiary/aromatic N) is 1. The van der Waals surface area contributed by atoms with Crippen LogP contribution in [0.25, 0.3) is 0 Å². The van der Waals surface area contributed by atoms with Crippen molar-refractivity contribution in [3.63, 3.8) is 0 Å². The van der Waals surface area contributed by atoms with Crippen molar-refractivity contribution in [2.24, 2.45) is 5.92 Å². The van der Waals surface area contributed by atoms with Crippen LogP contribution < -0.4 is 5.32 Å². The van der Waals surface area contributed by atoms with E-state index in [0.29, 0.717) is 25.6 Å². The standard InChI is InChI=1S/C13H30N2O2/c1-12(2)6-8-17-9-7-14-10-13(3,16)11-15(4)5/h12,14,16H,6-11H2,1-5H3. The molecule has 0 aliphatic heterocycles. The monoisotopic (exact) mass is 246 g/mol. The molecule has 0 bridgehead atoms. The van der Waals surface area contributed by atoms with Crippen LogP contribution in [0.15, 0.2) is 0 Å². The minimum atomic E-state index is -0.679. The molecule has 4 heteroatoms. The van der Waals surface area contributed by atoms with Crippen LogP contribution in [0.1, 0.15) is 27.2 Å². The highest BCUT2D eigenvalue weighted by Crippen LogP contribution is 2.02. The molecule has 0 radical (unpaired) electrons. The zero-order valence-corrected chi connectivity index (χ0v) is 12.1. The van der Waals surface area contributed by atoms with Crippen molar-refractivity contribution in [2.75, 3.05) is 46.9 Å².